The maximum Gasteiger partial charge on any atom is 0.282 e. The molecule has 1 aliphatic carbocycles. The molecule has 4 nitrogen and oxygen atoms in total. The Kier molecular flexibility index (Phi) is 2.57. The lowest BCUT2D eigenvalue weighted by Crippen LogP contribution is -2.35. The van der Waals surface area contributed by atoms with Gasteiger partial charge in [-0.15, -0.1) is 11.3 Å². The molecule has 5 heteroatoms. The Labute approximate surface area is 121 Å². The van der Waals surface area contributed by atoms with Gasteiger partial charge in [0.2, 0.25) is 0 Å². The fourth-order valence-corrected chi connectivity index (χ4v) is 3.88. The molecule has 0 unspecified atom stereocenters. The Morgan fingerprint density at radius 2 is 2.30 bits per heavy atom. The summed E-state index contributed by atoms with van der Waals surface area (Å²) in [6.07, 6.45) is 4.87. The van der Waals surface area contributed by atoms with Gasteiger partial charge in [0.05, 0.1) is 10.4 Å². The highest BCUT2D eigenvalue weighted by atomic mass is 32.1. The normalized spacial score (nSPS) is 24.3. The van der Waals surface area contributed by atoms with Crippen molar-refractivity contribution < 1.29 is 4.74 Å². The molecule has 20 heavy (non-hydrogen) atoms. The van der Waals surface area contributed by atoms with Gasteiger partial charge in [-0.3, -0.25) is 4.98 Å². The van der Waals surface area contributed by atoms with Gasteiger partial charge in [0.25, 0.3) is 6.02 Å². The number of benzene rings is 1. The van der Waals surface area contributed by atoms with E-state index in [4.69, 9.17) is 10.5 Å². The second kappa shape index (κ2) is 4.31. The van der Waals surface area contributed by atoms with Gasteiger partial charge in [0.1, 0.15) is 12.1 Å². The lowest BCUT2D eigenvalue weighted by Gasteiger charge is -2.31. The van der Waals surface area contributed by atoms with Crippen molar-refractivity contribution in [2.75, 3.05) is 6.61 Å². The zero-order chi connectivity index (χ0) is 13.6. The number of amidine groups is 1. The summed E-state index contributed by atoms with van der Waals surface area (Å²) in [7, 11) is 0. The molecular formula is C15H15N3OS. The van der Waals surface area contributed by atoms with Crippen molar-refractivity contribution in [2.45, 2.75) is 24.8 Å². The molecule has 0 amide bonds. The molecule has 0 saturated heterocycles. The molecule has 0 fully saturated rings. The van der Waals surface area contributed by atoms with Crippen molar-refractivity contribution in [3.63, 3.8) is 0 Å². The topological polar surface area (TPSA) is 60.5 Å². The molecule has 0 bridgehead atoms. The molecule has 1 spiro atoms. The van der Waals surface area contributed by atoms with E-state index in [0.29, 0.717) is 12.6 Å². The highest BCUT2D eigenvalue weighted by Gasteiger charge is 2.39. The molecule has 2 heterocycles. The Balaban J connectivity index is 1.76. The highest BCUT2D eigenvalue weighted by molar-refractivity contribution is 7.13. The van der Waals surface area contributed by atoms with Crippen LogP contribution in [0.3, 0.4) is 0 Å². The molecule has 1 aromatic heterocycles. The number of aromatic nitrogens is 1. The largest absolute Gasteiger partial charge is 0.463 e. The number of fused-ring (bicyclic) bond motifs is 1. The van der Waals surface area contributed by atoms with Crippen LogP contribution in [0.15, 0.2) is 34.9 Å². The SMILES string of the molecule is NC1=N[C@]2(CCc3c(cccc3-c3cncs3)C2)CO1. The molecule has 2 aromatic rings. The average molecular weight is 285 g/mol. The van der Waals surface area contributed by atoms with Crippen LogP contribution in [0.1, 0.15) is 17.5 Å². The van der Waals surface area contributed by atoms with E-state index in [9.17, 15) is 0 Å². The van der Waals surface area contributed by atoms with E-state index in [1.807, 2.05) is 11.7 Å². The third kappa shape index (κ3) is 1.81. The fraction of sp³-hybridized carbons (Fsp3) is 0.333. The van der Waals surface area contributed by atoms with Crippen LogP contribution in [0.2, 0.25) is 0 Å². The summed E-state index contributed by atoms with van der Waals surface area (Å²) in [5, 5.41) is 0. The van der Waals surface area contributed by atoms with E-state index in [-0.39, 0.29) is 5.54 Å². The van der Waals surface area contributed by atoms with Crippen molar-refractivity contribution in [1.82, 2.24) is 4.98 Å². The zero-order valence-corrected chi connectivity index (χ0v) is 11.8. The molecule has 0 radical (unpaired) electrons. The number of rotatable bonds is 1. The van der Waals surface area contributed by atoms with Gasteiger partial charge in [-0.05, 0) is 29.5 Å². The van der Waals surface area contributed by atoms with Gasteiger partial charge in [-0.25, -0.2) is 4.99 Å². The Morgan fingerprint density at radius 3 is 3.05 bits per heavy atom. The van der Waals surface area contributed by atoms with E-state index in [1.165, 1.54) is 21.6 Å². The van der Waals surface area contributed by atoms with Crippen molar-refractivity contribution in [1.29, 1.82) is 0 Å². The number of thiazole rings is 1. The number of hydrogen-bond donors (Lipinski definition) is 1. The monoisotopic (exact) mass is 285 g/mol. The number of hydrogen-bond acceptors (Lipinski definition) is 5. The molecule has 0 saturated carbocycles. The van der Waals surface area contributed by atoms with Crippen LogP contribution in [0.5, 0.6) is 0 Å². The molecule has 4 rings (SSSR count). The van der Waals surface area contributed by atoms with Crippen molar-refractivity contribution in [2.24, 2.45) is 10.7 Å². The lowest BCUT2D eigenvalue weighted by atomic mass is 9.77. The summed E-state index contributed by atoms with van der Waals surface area (Å²) in [5.41, 5.74) is 11.6. The average Bonchev–Trinajstić information content (AvgIpc) is 3.09. The summed E-state index contributed by atoms with van der Waals surface area (Å²) in [4.78, 5) is 9.96. The van der Waals surface area contributed by atoms with Crippen LogP contribution >= 0.6 is 11.3 Å². The first-order valence-electron chi connectivity index (χ1n) is 6.74. The van der Waals surface area contributed by atoms with Crippen LogP contribution in [0.25, 0.3) is 10.4 Å². The number of nitrogens with zero attached hydrogens (tertiary/aromatic N) is 2. The van der Waals surface area contributed by atoms with E-state index < -0.39 is 0 Å². The lowest BCUT2D eigenvalue weighted by molar-refractivity contribution is 0.235. The summed E-state index contributed by atoms with van der Waals surface area (Å²) < 4.78 is 5.38. The van der Waals surface area contributed by atoms with Crippen LogP contribution in [0, 0.1) is 0 Å². The summed E-state index contributed by atoms with van der Waals surface area (Å²) in [6.45, 7) is 0.614. The van der Waals surface area contributed by atoms with Gasteiger partial charge >= 0.3 is 0 Å². The van der Waals surface area contributed by atoms with E-state index in [1.54, 1.807) is 11.3 Å². The summed E-state index contributed by atoms with van der Waals surface area (Å²) >= 11 is 1.69. The Hall–Kier alpha value is -1.88. The van der Waals surface area contributed by atoms with Gasteiger partial charge < -0.3 is 10.5 Å². The maximum atomic E-state index is 5.69. The number of ether oxygens (including phenoxy) is 1. The van der Waals surface area contributed by atoms with Gasteiger partial charge in [0, 0.05) is 12.6 Å². The second-order valence-corrected chi connectivity index (χ2v) is 6.34. The van der Waals surface area contributed by atoms with Gasteiger partial charge in [-0.2, -0.15) is 0 Å². The third-order valence-corrected chi connectivity index (χ3v) is 4.97. The van der Waals surface area contributed by atoms with E-state index >= 15 is 0 Å². The van der Waals surface area contributed by atoms with Crippen LogP contribution in [-0.4, -0.2) is 23.2 Å². The van der Waals surface area contributed by atoms with Crippen molar-refractivity contribution in [3.8, 4) is 10.4 Å². The molecule has 1 aromatic carbocycles. The molecule has 102 valence electrons. The maximum absolute atomic E-state index is 5.69. The minimum Gasteiger partial charge on any atom is -0.463 e. The van der Waals surface area contributed by atoms with Crippen LogP contribution in [-0.2, 0) is 17.6 Å². The van der Waals surface area contributed by atoms with Crippen molar-refractivity contribution in [3.05, 3.63) is 41.0 Å². The Bertz CT molecular complexity index is 680. The number of nitrogens with two attached hydrogens (primary N) is 1. The highest BCUT2D eigenvalue weighted by Crippen LogP contribution is 2.39. The van der Waals surface area contributed by atoms with Crippen LogP contribution in [0.4, 0.5) is 0 Å². The first-order chi connectivity index (χ1) is 9.76. The van der Waals surface area contributed by atoms with Crippen molar-refractivity contribution >= 4 is 17.4 Å². The number of aliphatic imine (C=N–C) groups is 1. The van der Waals surface area contributed by atoms with Crippen LogP contribution < -0.4 is 5.73 Å². The van der Waals surface area contributed by atoms with E-state index in [0.717, 1.165) is 19.3 Å². The third-order valence-electron chi connectivity index (χ3n) is 4.17. The molecule has 1 aliphatic heterocycles. The standard InChI is InChI=1S/C15H15N3OS/c16-14-18-15(8-19-14)5-4-11-10(6-15)2-1-3-12(11)13-7-17-9-20-13/h1-3,7,9H,4-6,8H2,(H2,16,18)/t15-/m0/s1. The smallest absolute Gasteiger partial charge is 0.282 e. The second-order valence-electron chi connectivity index (χ2n) is 5.45. The first kappa shape index (κ1) is 11.9. The quantitative estimate of drug-likeness (QED) is 0.875. The predicted molar refractivity (Wildman–Crippen MR) is 79.9 cm³/mol. The minimum absolute atomic E-state index is 0.136. The summed E-state index contributed by atoms with van der Waals surface area (Å²) in [6, 6.07) is 6.85. The predicted octanol–water partition coefficient (Wildman–Crippen LogP) is 2.38. The molecule has 1 atom stereocenters. The zero-order valence-electron chi connectivity index (χ0n) is 11.0. The van der Waals surface area contributed by atoms with Gasteiger partial charge in [-0.1, -0.05) is 18.2 Å². The van der Waals surface area contributed by atoms with E-state index in [2.05, 4.69) is 28.2 Å². The Morgan fingerprint density at radius 1 is 1.35 bits per heavy atom. The molecular weight excluding hydrogens is 270 g/mol. The fourth-order valence-electron chi connectivity index (χ4n) is 3.20. The summed E-state index contributed by atoms with van der Waals surface area (Å²) in [5.74, 6) is 0. The first-order valence-corrected chi connectivity index (χ1v) is 7.62. The molecule has 2 aliphatic rings. The molecule has 2 N–H and O–H groups in total. The minimum atomic E-state index is -0.136. The van der Waals surface area contributed by atoms with Gasteiger partial charge in [0.15, 0.2) is 0 Å².